The number of hydrogen-bond acceptors (Lipinski definition) is 4. The van der Waals surface area contributed by atoms with Gasteiger partial charge in [-0.2, -0.15) is 18.3 Å². The van der Waals surface area contributed by atoms with E-state index in [-0.39, 0.29) is 30.4 Å². The van der Waals surface area contributed by atoms with E-state index in [9.17, 15) is 18.0 Å². The number of amides is 1. The largest absolute Gasteiger partial charge is 0.493 e. The second kappa shape index (κ2) is 7.98. The Balaban J connectivity index is 1.60. The minimum absolute atomic E-state index is 0.0469. The number of methoxy groups -OCH3 is 1. The normalized spacial score (nSPS) is 15.9. The number of aryl methyl sites for hydroxylation is 1. The van der Waals surface area contributed by atoms with Crippen molar-refractivity contribution in [1.29, 1.82) is 0 Å². The summed E-state index contributed by atoms with van der Waals surface area (Å²) < 4.78 is 51.1. The molecule has 1 aliphatic rings. The monoisotopic (exact) mass is 431 g/mol. The molecule has 0 saturated heterocycles. The maximum atomic E-state index is 13.3. The van der Waals surface area contributed by atoms with Gasteiger partial charge in [0.05, 0.1) is 12.7 Å². The van der Waals surface area contributed by atoms with Crippen molar-refractivity contribution in [3.63, 3.8) is 0 Å². The van der Waals surface area contributed by atoms with Gasteiger partial charge in [0.2, 0.25) is 5.91 Å². The van der Waals surface area contributed by atoms with Crippen molar-refractivity contribution in [2.24, 2.45) is 0 Å². The SMILES string of the molecule is COc1cc(C2CC(=O)Nc3n[nH]cc32)ccc1OCc1cc(C)ccc1C(F)(F)F. The van der Waals surface area contributed by atoms with Gasteiger partial charge >= 0.3 is 6.18 Å². The van der Waals surface area contributed by atoms with Gasteiger partial charge < -0.3 is 14.8 Å². The van der Waals surface area contributed by atoms with Gasteiger partial charge in [-0.25, -0.2) is 0 Å². The number of H-pyrrole nitrogens is 1. The van der Waals surface area contributed by atoms with Crippen molar-refractivity contribution >= 4 is 11.7 Å². The highest BCUT2D eigenvalue weighted by Crippen LogP contribution is 2.40. The molecular weight excluding hydrogens is 411 g/mol. The summed E-state index contributed by atoms with van der Waals surface area (Å²) in [6.45, 7) is 1.47. The van der Waals surface area contributed by atoms with Gasteiger partial charge in [0, 0.05) is 29.7 Å². The Labute approximate surface area is 176 Å². The third-order valence-corrected chi connectivity index (χ3v) is 5.23. The Hall–Kier alpha value is -3.49. The number of anilines is 1. The standard InChI is InChI=1S/C22H20F3N3O3/c1-12-3-5-17(22(23,24)25)14(7-12)11-31-18-6-4-13(8-19(18)30-2)15-9-20(29)27-21-16(15)10-26-28-21/h3-8,10,15H,9,11H2,1-2H3,(H2,26,27,28,29). The summed E-state index contributed by atoms with van der Waals surface area (Å²) in [6, 6.07) is 9.10. The lowest BCUT2D eigenvalue weighted by Crippen LogP contribution is -2.23. The second-order valence-electron chi connectivity index (χ2n) is 7.35. The topological polar surface area (TPSA) is 76.2 Å². The van der Waals surface area contributed by atoms with E-state index < -0.39 is 11.7 Å². The van der Waals surface area contributed by atoms with Crippen molar-refractivity contribution in [2.45, 2.75) is 32.0 Å². The fourth-order valence-corrected chi connectivity index (χ4v) is 3.74. The fraction of sp³-hybridized carbons (Fsp3) is 0.273. The average Bonchev–Trinajstić information content (AvgIpc) is 3.19. The molecule has 1 amide bonds. The zero-order chi connectivity index (χ0) is 22.2. The lowest BCUT2D eigenvalue weighted by Gasteiger charge is -2.23. The van der Waals surface area contributed by atoms with Crippen LogP contribution in [0, 0.1) is 6.92 Å². The van der Waals surface area contributed by atoms with E-state index in [4.69, 9.17) is 9.47 Å². The summed E-state index contributed by atoms with van der Waals surface area (Å²) in [5.41, 5.74) is 1.69. The molecule has 2 heterocycles. The minimum atomic E-state index is -4.47. The average molecular weight is 431 g/mol. The molecule has 1 aliphatic heterocycles. The minimum Gasteiger partial charge on any atom is -0.493 e. The second-order valence-corrected chi connectivity index (χ2v) is 7.35. The molecule has 1 atom stereocenters. The zero-order valence-corrected chi connectivity index (χ0v) is 16.8. The van der Waals surface area contributed by atoms with E-state index in [1.807, 2.05) is 0 Å². The molecule has 0 saturated carbocycles. The number of carbonyl (C=O) groups is 1. The maximum Gasteiger partial charge on any atom is 0.416 e. The molecule has 0 bridgehead atoms. The van der Waals surface area contributed by atoms with E-state index in [0.717, 1.165) is 17.2 Å². The third kappa shape index (κ3) is 4.21. The number of halogens is 3. The van der Waals surface area contributed by atoms with Crippen LogP contribution in [0.15, 0.2) is 42.6 Å². The molecule has 9 heteroatoms. The van der Waals surface area contributed by atoms with Crippen molar-refractivity contribution in [2.75, 3.05) is 12.4 Å². The number of nitrogens with zero attached hydrogens (tertiary/aromatic N) is 1. The molecular formula is C22H20F3N3O3. The van der Waals surface area contributed by atoms with Crippen LogP contribution in [0.4, 0.5) is 19.0 Å². The molecule has 2 aromatic carbocycles. The Morgan fingerprint density at radius 1 is 1.16 bits per heavy atom. The Morgan fingerprint density at radius 3 is 2.71 bits per heavy atom. The first-order valence-electron chi connectivity index (χ1n) is 9.57. The predicted molar refractivity (Wildman–Crippen MR) is 107 cm³/mol. The highest BCUT2D eigenvalue weighted by molar-refractivity contribution is 5.94. The number of alkyl halides is 3. The van der Waals surface area contributed by atoms with E-state index in [2.05, 4.69) is 15.5 Å². The summed E-state index contributed by atoms with van der Waals surface area (Å²) in [4.78, 5) is 12.0. The quantitative estimate of drug-likeness (QED) is 0.609. The highest BCUT2D eigenvalue weighted by Gasteiger charge is 2.33. The molecule has 0 fully saturated rings. The van der Waals surface area contributed by atoms with Crippen LogP contribution in [0.1, 0.15) is 40.2 Å². The number of aromatic nitrogens is 2. The van der Waals surface area contributed by atoms with Crippen molar-refractivity contribution in [3.8, 4) is 11.5 Å². The Kier molecular flexibility index (Phi) is 5.34. The summed E-state index contributed by atoms with van der Waals surface area (Å²) in [6.07, 6.45) is -2.49. The third-order valence-electron chi connectivity index (χ3n) is 5.23. The summed E-state index contributed by atoms with van der Waals surface area (Å²) >= 11 is 0. The number of fused-ring (bicyclic) bond motifs is 1. The molecule has 0 spiro atoms. The van der Waals surface area contributed by atoms with Gasteiger partial charge in [-0.15, -0.1) is 0 Å². The number of hydrogen-bond donors (Lipinski definition) is 2. The maximum absolute atomic E-state index is 13.3. The van der Waals surface area contributed by atoms with Gasteiger partial charge in [0.25, 0.3) is 0 Å². The van der Waals surface area contributed by atoms with Gasteiger partial charge in [0.1, 0.15) is 6.61 Å². The molecule has 4 rings (SSSR count). The van der Waals surface area contributed by atoms with Crippen LogP contribution < -0.4 is 14.8 Å². The lowest BCUT2D eigenvalue weighted by molar-refractivity contribution is -0.138. The molecule has 6 nitrogen and oxygen atoms in total. The molecule has 1 aromatic heterocycles. The van der Waals surface area contributed by atoms with E-state index >= 15 is 0 Å². The zero-order valence-electron chi connectivity index (χ0n) is 16.8. The molecule has 162 valence electrons. The molecule has 3 aromatic rings. The van der Waals surface area contributed by atoms with Crippen LogP contribution in [-0.4, -0.2) is 23.2 Å². The van der Waals surface area contributed by atoms with Gasteiger partial charge in [-0.3, -0.25) is 9.89 Å². The van der Waals surface area contributed by atoms with Crippen molar-refractivity contribution < 1.29 is 27.4 Å². The molecule has 0 radical (unpaired) electrons. The molecule has 2 N–H and O–H groups in total. The highest BCUT2D eigenvalue weighted by atomic mass is 19.4. The number of rotatable bonds is 5. The Morgan fingerprint density at radius 2 is 1.97 bits per heavy atom. The van der Waals surface area contributed by atoms with Crippen LogP contribution in [0.3, 0.4) is 0 Å². The Bertz CT molecular complexity index is 1120. The predicted octanol–water partition coefficient (Wildman–Crippen LogP) is 4.80. The van der Waals surface area contributed by atoms with Crippen LogP contribution in [0.25, 0.3) is 0 Å². The summed E-state index contributed by atoms with van der Waals surface area (Å²) in [7, 11) is 1.46. The lowest BCUT2D eigenvalue weighted by atomic mass is 9.87. The van der Waals surface area contributed by atoms with Crippen LogP contribution in [-0.2, 0) is 17.6 Å². The fourth-order valence-electron chi connectivity index (χ4n) is 3.74. The number of carbonyl (C=O) groups excluding carboxylic acids is 1. The molecule has 1 unspecified atom stereocenters. The first-order valence-corrected chi connectivity index (χ1v) is 9.57. The van der Waals surface area contributed by atoms with E-state index in [1.165, 1.54) is 19.2 Å². The number of aromatic amines is 1. The van der Waals surface area contributed by atoms with Gasteiger partial charge in [-0.1, -0.05) is 23.8 Å². The van der Waals surface area contributed by atoms with Gasteiger partial charge in [-0.05, 0) is 30.7 Å². The number of ether oxygens (including phenoxy) is 2. The smallest absolute Gasteiger partial charge is 0.416 e. The van der Waals surface area contributed by atoms with E-state index in [1.54, 1.807) is 31.3 Å². The molecule has 0 aliphatic carbocycles. The van der Waals surface area contributed by atoms with Crippen molar-refractivity contribution in [3.05, 3.63) is 70.4 Å². The summed E-state index contributed by atoms with van der Waals surface area (Å²) in [5.74, 6) is 0.796. The number of benzene rings is 2. The summed E-state index contributed by atoms with van der Waals surface area (Å²) in [5, 5.41) is 9.50. The first kappa shape index (κ1) is 20.8. The first-order chi connectivity index (χ1) is 14.8. The van der Waals surface area contributed by atoms with Crippen LogP contribution in [0.5, 0.6) is 11.5 Å². The van der Waals surface area contributed by atoms with Crippen LogP contribution in [0.2, 0.25) is 0 Å². The number of nitrogens with one attached hydrogen (secondary N) is 2. The molecule has 31 heavy (non-hydrogen) atoms. The van der Waals surface area contributed by atoms with Gasteiger partial charge in [0.15, 0.2) is 17.3 Å². The van der Waals surface area contributed by atoms with E-state index in [0.29, 0.717) is 22.9 Å². The van der Waals surface area contributed by atoms with Crippen LogP contribution >= 0.6 is 0 Å². The van der Waals surface area contributed by atoms with Crippen molar-refractivity contribution in [1.82, 2.24) is 10.2 Å².